The van der Waals surface area contributed by atoms with E-state index in [1.54, 1.807) is 26.5 Å². The van der Waals surface area contributed by atoms with Crippen LogP contribution >= 0.6 is 0 Å². The van der Waals surface area contributed by atoms with Gasteiger partial charge in [-0.15, -0.1) is 0 Å². The minimum atomic E-state index is -0.385. The van der Waals surface area contributed by atoms with E-state index in [0.717, 1.165) is 5.56 Å². The van der Waals surface area contributed by atoms with Crippen LogP contribution in [0, 0.1) is 0 Å². The summed E-state index contributed by atoms with van der Waals surface area (Å²) in [6.45, 7) is 3.92. The van der Waals surface area contributed by atoms with Crippen LogP contribution in [0.4, 0.5) is 4.79 Å². The second kappa shape index (κ2) is 4.29. The third kappa shape index (κ3) is 2.94. The third-order valence-corrected chi connectivity index (χ3v) is 2.23. The molecular formula is C11H17N3O. The van der Waals surface area contributed by atoms with Crippen LogP contribution in [-0.4, -0.2) is 30.0 Å². The number of nitrogens with one attached hydrogen (secondary N) is 1. The van der Waals surface area contributed by atoms with E-state index in [9.17, 15) is 4.79 Å². The topological polar surface area (TPSA) is 45.2 Å². The molecule has 0 bridgehead atoms. The fourth-order valence-corrected chi connectivity index (χ4v) is 1.22. The predicted octanol–water partition coefficient (Wildman–Crippen LogP) is 1.59. The molecule has 2 amide bonds. The fraction of sp³-hybridized carbons (Fsp3) is 0.455. The summed E-state index contributed by atoms with van der Waals surface area (Å²) in [6.07, 6.45) is 3.44. The van der Waals surface area contributed by atoms with E-state index in [4.69, 9.17) is 0 Å². The third-order valence-electron chi connectivity index (χ3n) is 2.23. The van der Waals surface area contributed by atoms with E-state index >= 15 is 0 Å². The van der Waals surface area contributed by atoms with Crippen molar-refractivity contribution in [3.63, 3.8) is 0 Å². The molecular weight excluding hydrogens is 190 g/mol. The van der Waals surface area contributed by atoms with Gasteiger partial charge in [-0.05, 0) is 31.5 Å². The molecule has 1 aromatic heterocycles. The zero-order chi connectivity index (χ0) is 11.5. The summed E-state index contributed by atoms with van der Waals surface area (Å²) in [4.78, 5) is 17.0. The van der Waals surface area contributed by atoms with Gasteiger partial charge in [0.05, 0.1) is 5.54 Å². The summed E-state index contributed by atoms with van der Waals surface area (Å²) in [5.74, 6) is 0. The van der Waals surface area contributed by atoms with Crippen LogP contribution in [0.5, 0.6) is 0 Å². The number of carbonyl (C=O) groups is 1. The second-order valence-electron chi connectivity index (χ2n) is 4.19. The Kier molecular flexibility index (Phi) is 3.29. The lowest BCUT2D eigenvalue weighted by atomic mass is 9.96. The summed E-state index contributed by atoms with van der Waals surface area (Å²) in [5, 5.41) is 2.93. The van der Waals surface area contributed by atoms with Crippen molar-refractivity contribution in [3.05, 3.63) is 30.1 Å². The van der Waals surface area contributed by atoms with Gasteiger partial charge in [0, 0.05) is 26.5 Å². The van der Waals surface area contributed by atoms with Gasteiger partial charge in [0.2, 0.25) is 0 Å². The number of urea groups is 1. The Morgan fingerprint density at radius 2 is 1.87 bits per heavy atom. The van der Waals surface area contributed by atoms with Crippen LogP contribution in [0.2, 0.25) is 0 Å². The quantitative estimate of drug-likeness (QED) is 0.800. The molecule has 0 spiro atoms. The molecule has 0 saturated carbocycles. The molecule has 1 rings (SSSR count). The smallest absolute Gasteiger partial charge is 0.317 e. The Labute approximate surface area is 90.3 Å². The highest BCUT2D eigenvalue weighted by atomic mass is 16.2. The summed E-state index contributed by atoms with van der Waals surface area (Å²) in [7, 11) is 3.44. The van der Waals surface area contributed by atoms with E-state index < -0.39 is 0 Å². The molecule has 0 atom stereocenters. The number of pyridine rings is 1. The van der Waals surface area contributed by atoms with E-state index in [2.05, 4.69) is 10.3 Å². The van der Waals surface area contributed by atoms with Gasteiger partial charge < -0.3 is 10.2 Å². The van der Waals surface area contributed by atoms with Crippen molar-refractivity contribution in [1.82, 2.24) is 15.2 Å². The summed E-state index contributed by atoms with van der Waals surface area (Å²) in [5.41, 5.74) is 0.650. The Hall–Kier alpha value is -1.58. The minimum Gasteiger partial charge on any atom is -0.331 e. The molecule has 4 nitrogen and oxygen atoms in total. The second-order valence-corrected chi connectivity index (χ2v) is 4.19. The Morgan fingerprint density at radius 3 is 2.33 bits per heavy atom. The summed E-state index contributed by atoms with van der Waals surface area (Å²) in [6, 6.07) is 3.70. The maximum Gasteiger partial charge on any atom is 0.317 e. The average molecular weight is 207 g/mol. The van der Waals surface area contributed by atoms with Crippen LogP contribution in [0.25, 0.3) is 0 Å². The van der Waals surface area contributed by atoms with Crippen molar-refractivity contribution in [2.45, 2.75) is 19.4 Å². The maximum absolute atomic E-state index is 11.5. The first-order valence-corrected chi connectivity index (χ1v) is 4.83. The first-order valence-electron chi connectivity index (χ1n) is 4.83. The highest BCUT2D eigenvalue weighted by Crippen LogP contribution is 2.18. The van der Waals surface area contributed by atoms with Crippen LogP contribution in [0.1, 0.15) is 19.4 Å². The SMILES string of the molecule is CN(C)C(=O)NC(C)(C)c1ccncc1. The molecule has 82 valence electrons. The molecule has 0 aliphatic carbocycles. The standard InChI is InChI=1S/C11H17N3O/c1-11(2,13-10(15)14(3)4)9-5-7-12-8-6-9/h5-8H,1-4H3,(H,13,15). The molecule has 1 aromatic rings. The normalized spacial score (nSPS) is 10.9. The number of amides is 2. The first-order chi connectivity index (χ1) is 6.93. The van der Waals surface area contributed by atoms with Gasteiger partial charge in [-0.2, -0.15) is 0 Å². The molecule has 4 heteroatoms. The lowest BCUT2D eigenvalue weighted by Crippen LogP contribution is -2.45. The number of carbonyl (C=O) groups excluding carboxylic acids is 1. The van der Waals surface area contributed by atoms with E-state index in [1.807, 2.05) is 26.0 Å². The lowest BCUT2D eigenvalue weighted by molar-refractivity contribution is 0.206. The molecule has 0 saturated heterocycles. The Morgan fingerprint density at radius 1 is 1.33 bits per heavy atom. The summed E-state index contributed by atoms with van der Waals surface area (Å²) >= 11 is 0. The fourth-order valence-electron chi connectivity index (χ4n) is 1.22. The minimum absolute atomic E-state index is 0.100. The zero-order valence-corrected chi connectivity index (χ0v) is 9.61. The summed E-state index contributed by atoms with van der Waals surface area (Å²) < 4.78 is 0. The van der Waals surface area contributed by atoms with E-state index in [0.29, 0.717) is 0 Å². The van der Waals surface area contributed by atoms with Crippen LogP contribution < -0.4 is 5.32 Å². The van der Waals surface area contributed by atoms with Gasteiger partial charge in [-0.3, -0.25) is 4.98 Å². The molecule has 0 unspecified atom stereocenters. The average Bonchev–Trinajstić information content (AvgIpc) is 2.18. The zero-order valence-electron chi connectivity index (χ0n) is 9.61. The van der Waals surface area contributed by atoms with Gasteiger partial charge in [-0.1, -0.05) is 0 Å². The number of aromatic nitrogens is 1. The van der Waals surface area contributed by atoms with Crippen molar-refractivity contribution in [3.8, 4) is 0 Å². The molecule has 0 aromatic carbocycles. The van der Waals surface area contributed by atoms with Gasteiger partial charge in [0.25, 0.3) is 0 Å². The van der Waals surface area contributed by atoms with Crippen molar-refractivity contribution < 1.29 is 4.79 Å². The van der Waals surface area contributed by atoms with E-state index in [-0.39, 0.29) is 11.6 Å². The molecule has 0 fully saturated rings. The van der Waals surface area contributed by atoms with Crippen molar-refractivity contribution in [2.75, 3.05) is 14.1 Å². The molecule has 1 heterocycles. The highest BCUT2D eigenvalue weighted by molar-refractivity contribution is 5.74. The van der Waals surface area contributed by atoms with Crippen LogP contribution in [0.15, 0.2) is 24.5 Å². The van der Waals surface area contributed by atoms with Crippen molar-refractivity contribution >= 4 is 6.03 Å². The molecule has 0 aliphatic heterocycles. The number of rotatable bonds is 2. The Balaban J connectivity index is 2.80. The maximum atomic E-state index is 11.5. The number of hydrogen-bond acceptors (Lipinski definition) is 2. The number of nitrogens with zero attached hydrogens (tertiary/aromatic N) is 2. The van der Waals surface area contributed by atoms with E-state index in [1.165, 1.54) is 4.90 Å². The molecule has 15 heavy (non-hydrogen) atoms. The van der Waals surface area contributed by atoms with Gasteiger partial charge in [-0.25, -0.2) is 4.79 Å². The first kappa shape index (κ1) is 11.5. The molecule has 0 aliphatic rings. The largest absolute Gasteiger partial charge is 0.331 e. The van der Waals surface area contributed by atoms with Crippen molar-refractivity contribution in [1.29, 1.82) is 0 Å². The van der Waals surface area contributed by atoms with Gasteiger partial charge in [0.15, 0.2) is 0 Å². The van der Waals surface area contributed by atoms with Gasteiger partial charge >= 0.3 is 6.03 Å². The predicted molar refractivity (Wildman–Crippen MR) is 59.5 cm³/mol. The van der Waals surface area contributed by atoms with Crippen LogP contribution in [0.3, 0.4) is 0 Å². The molecule has 1 N–H and O–H groups in total. The van der Waals surface area contributed by atoms with Crippen molar-refractivity contribution in [2.24, 2.45) is 0 Å². The highest BCUT2D eigenvalue weighted by Gasteiger charge is 2.23. The van der Waals surface area contributed by atoms with Gasteiger partial charge in [0.1, 0.15) is 0 Å². The monoisotopic (exact) mass is 207 g/mol. The lowest BCUT2D eigenvalue weighted by Gasteiger charge is -2.28. The number of hydrogen-bond donors (Lipinski definition) is 1. The Bertz CT molecular complexity index is 333. The van der Waals surface area contributed by atoms with Crippen LogP contribution in [-0.2, 0) is 5.54 Å². The molecule has 0 radical (unpaired) electrons.